The number of rotatable bonds is 32. The van der Waals surface area contributed by atoms with Crippen LogP contribution in [-0.4, -0.2) is 109 Å². The van der Waals surface area contributed by atoms with Gasteiger partial charge in [0.15, 0.2) is 0 Å². The molecule has 0 heterocycles. The number of carboxylic acid groups (broad SMARTS) is 1. The number of hydrogen-bond acceptors (Lipinski definition) is 10. The molecule has 0 aliphatic heterocycles. The van der Waals surface area contributed by atoms with E-state index in [9.17, 15) is 4.79 Å². The van der Waals surface area contributed by atoms with Gasteiger partial charge in [0.05, 0.1) is 66.1 Å². The van der Waals surface area contributed by atoms with E-state index in [0.29, 0.717) is 59.5 Å². The summed E-state index contributed by atoms with van der Waals surface area (Å²) in [6.45, 7) is 5.66. The Hall–Kier alpha value is -0.500. The van der Waals surface area contributed by atoms with Gasteiger partial charge in [-0.25, -0.2) is 14.6 Å². The molecule has 0 rings (SSSR count). The molecule has 0 radical (unpaired) electrons. The summed E-state index contributed by atoms with van der Waals surface area (Å²) in [5.41, 5.74) is 0. The summed E-state index contributed by atoms with van der Waals surface area (Å²) in [5, 5.41) is 8.38. The zero-order chi connectivity index (χ0) is 26.2. The van der Waals surface area contributed by atoms with E-state index in [1.165, 1.54) is 51.4 Å². The summed E-state index contributed by atoms with van der Waals surface area (Å²) in [5.74, 6) is -0.000437. The van der Waals surface area contributed by atoms with Gasteiger partial charge in [0, 0.05) is 6.61 Å². The molecule has 0 aromatic carbocycles. The van der Waals surface area contributed by atoms with E-state index in [2.05, 4.69) is 12.6 Å². The van der Waals surface area contributed by atoms with Crippen molar-refractivity contribution in [3.8, 4) is 0 Å². The summed E-state index contributed by atoms with van der Waals surface area (Å²) in [6, 6.07) is 0. The van der Waals surface area contributed by atoms with Crippen LogP contribution in [0.25, 0.3) is 0 Å². The highest BCUT2D eigenvalue weighted by Gasteiger charge is 1.97. The summed E-state index contributed by atoms with van der Waals surface area (Å²) in [6.07, 6.45) is 11.7. The zero-order valence-electron chi connectivity index (χ0n) is 22.0. The first kappa shape index (κ1) is 35.5. The molecule has 0 aliphatic carbocycles. The van der Waals surface area contributed by atoms with Gasteiger partial charge in [-0.1, -0.05) is 44.9 Å². The van der Waals surface area contributed by atoms with Crippen molar-refractivity contribution in [2.75, 3.05) is 98.2 Å². The van der Waals surface area contributed by atoms with Gasteiger partial charge < -0.3 is 33.5 Å². The van der Waals surface area contributed by atoms with Crippen molar-refractivity contribution in [3.63, 3.8) is 0 Å². The lowest BCUT2D eigenvalue weighted by molar-refractivity contribution is -0.303. The lowest BCUT2D eigenvalue weighted by Crippen LogP contribution is -2.15. The molecule has 0 atom stereocenters. The average Bonchev–Trinajstić information content (AvgIpc) is 2.87. The van der Waals surface area contributed by atoms with E-state index in [-0.39, 0.29) is 26.4 Å². The number of ether oxygens (including phenoxy) is 6. The van der Waals surface area contributed by atoms with Crippen molar-refractivity contribution in [2.24, 2.45) is 0 Å². The maximum absolute atomic E-state index is 10.2. The third-order valence-corrected chi connectivity index (χ3v) is 5.18. The molecule has 0 aromatic rings. The Morgan fingerprint density at radius 2 is 0.778 bits per heavy atom. The number of thiol groups is 1. The minimum Gasteiger partial charge on any atom is -0.480 e. The average molecular weight is 543 g/mol. The number of hydrogen-bond donors (Lipinski definition) is 2. The molecule has 10 nitrogen and oxygen atoms in total. The van der Waals surface area contributed by atoms with Crippen LogP contribution < -0.4 is 0 Å². The van der Waals surface area contributed by atoms with Gasteiger partial charge in [-0.15, -0.1) is 0 Å². The Bertz CT molecular complexity index is 432. The minimum absolute atomic E-state index is 0.155. The van der Waals surface area contributed by atoms with E-state index in [4.69, 9.17) is 43.3 Å². The number of carbonyl (C=O) groups is 1. The van der Waals surface area contributed by atoms with Crippen LogP contribution in [0, 0.1) is 0 Å². The molecular formula is C25H50O10S. The minimum atomic E-state index is -1.02. The molecule has 0 saturated heterocycles. The van der Waals surface area contributed by atoms with Gasteiger partial charge in [0.1, 0.15) is 19.8 Å². The maximum Gasteiger partial charge on any atom is 0.329 e. The molecule has 1 N–H and O–H groups in total. The van der Waals surface area contributed by atoms with Crippen molar-refractivity contribution < 1.29 is 48.1 Å². The molecule has 0 bridgehead atoms. The highest BCUT2D eigenvalue weighted by Crippen LogP contribution is 2.10. The van der Waals surface area contributed by atoms with Crippen molar-refractivity contribution in [2.45, 2.75) is 57.8 Å². The summed E-state index contributed by atoms with van der Waals surface area (Å²) in [4.78, 5) is 19.9. The van der Waals surface area contributed by atoms with Crippen LogP contribution in [-0.2, 0) is 43.0 Å². The lowest BCUT2D eigenvalue weighted by Gasteiger charge is -2.08. The van der Waals surface area contributed by atoms with Gasteiger partial charge in [-0.05, 0) is 18.6 Å². The molecule has 36 heavy (non-hydrogen) atoms. The van der Waals surface area contributed by atoms with Crippen LogP contribution in [0.3, 0.4) is 0 Å². The smallest absolute Gasteiger partial charge is 0.329 e. The predicted molar refractivity (Wildman–Crippen MR) is 140 cm³/mol. The third-order valence-electron chi connectivity index (χ3n) is 4.87. The Balaban J connectivity index is 3.02. The maximum atomic E-state index is 10.2. The van der Waals surface area contributed by atoms with Crippen LogP contribution in [0.2, 0.25) is 0 Å². The molecule has 0 unspecified atom stereocenters. The van der Waals surface area contributed by atoms with Crippen molar-refractivity contribution >= 4 is 18.6 Å². The van der Waals surface area contributed by atoms with Gasteiger partial charge in [-0.2, -0.15) is 12.6 Å². The first-order valence-electron chi connectivity index (χ1n) is 13.3. The van der Waals surface area contributed by atoms with Crippen LogP contribution in [0.4, 0.5) is 0 Å². The lowest BCUT2D eigenvalue weighted by atomic mass is 10.1. The van der Waals surface area contributed by atoms with E-state index >= 15 is 0 Å². The Morgan fingerprint density at radius 3 is 1.19 bits per heavy atom. The van der Waals surface area contributed by atoms with E-state index < -0.39 is 5.97 Å². The number of unbranched alkanes of at least 4 members (excludes halogenated alkanes) is 8. The monoisotopic (exact) mass is 542 g/mol. The Morgan fingerprint density at radius 1 is 0.444 bits per heavy atom. The van der Waals surface area contributed by atoms with E-state index in [1.54, 1.807) is 0 Å². The molecule has 216 valence electrons. The number of carboxylic acids is 1. The fourth-order valence-electron chi connectivity index (χ4n) is 3.00. The first-order valence-corrected chi connectivity index (χ1v) is 13.9. The van der Waals surface area contributed by atoms with Crippen LogP contribution in [0.15, 0.2) is 0 Å². The summed E-state index contributed by atoms with van der Waals surface area (Å²) < 4.78 is 32.1. The highest BCUT2D eigenvalue weighted by molar-refractivity contribution is 7.80. The van der Waals surface area contributed by atoms with E-state index in [0.717, 1.165) is 18.8 Å². The second-order valence-corrected chi connectivity index (χ2v) is 8.50. The fraction of sp³-hybridized carbons (Fsp3) is 0.960. The molecule has 0 amide bonds. The Kier molecular flexibility index (Phi) is 32.1. The predicted octanol–water partition coefficient (Wildman–Crippen LogP) is 3.56. The summed E-state index contributed by atoms with van der Waals surface area (Å²) in [7, 11) is 0. The normalized spacial score (nSPS) is 11.4. The van der Waals surface area contributed by atoms with Gasteiger partial charge in [-0.3, -0.25) is 0 Å². The molecule has 0 aromatic heterocycles. The molecule has 0 fully saturated rings. The zero-order valence-corrected chi connectivity index (χ0v) is 22.9. The first-order chi connectivity index (χ1) is 17.8. The molecule has 0 spiro atoms. The molecule has 11 heteroatoms. The second kappa shape index (κ2) is 32.5. The van der Waals surface area contributed by atoms with Gasteiger partial charge in [0.25, 0.3) is 0 Å². The van der Waals surface area contributed by atoms with Crippen LogP contribution >= 0.6 is 12.6 Å². The van der Waals surface area contributed by atoms with Crippen LogP contribution in [0.5, 0.6) is 0 Å². The standard InChI is InChI=1S/C25H50O10S/c26-25(27)24-33-20-22-35-34-21-19-32-18-17-31-16-15-30-14-13-29-12-11-28-10-8-6-4-2-1-3-5-7-9-23-36/h36H,1-24H2,(H,26,27). The van der Waals surface area contributed by atoms with Crippen molar-refractivity contribution in [3.05, 3.63) is 0 Å². The fourth-order valence-corrected chi connectivity index (χ4v) is 3.22. The molecule has 0 saturated carbocycles. The molecule has 0 aliphatic rings. The van der Waals surface area contributed by atoms with Gasteiger partial charge in [0.2, 0.25) is 0 Å². The topological polar surface area (TPSA) is 111 Å². The highest BCUT2D eigenvalue weighted by atomic mass is 32.1. The third kappa shape index (κ3) is 33.5. The quantitative estimate of drug-likeness (QED) is 0.0566. The van der Waals surface area contributed by atoms with Gasteiger partial charge >= 0.3 is 5.97 Å². The largest absolute Gasteiger partial charge is 0.480 e. The molecular weight excluding hydrogens is 492 g/mol. The Labute approximate surface area is 222 Å². The van der Waals surface area contributed by atoms with E-state index in [1.807, 2.05) is 0 Å². The second-order valence-electron chi connectivity index (χ2n) is 8.06. The SMILES string of the molecule is O=C(O)COCCOOCCOCCOCCOCCOCCOCCCCCCCCCCCS. The summed E-state index contributed by atoms with van der Waals surface area (Å²) >= 11 is 4.24. The van der Waals surface area contributed by atoms with Crippen LogP contribution in [0.1, 0.15) is 57.8 Å². The van der Waals surface area contributed by atoms with Crippen molar-refractivity contribution in [1.82, 2.24) is 0 Å². The van der Waals surface area contributed by atoms with Crippen molar-refractivity contribution in [1.29, 1.82) is 0 Å². The number of aliphatic carboxylic acids is 1.